The van der Waals surface area contributed by atoms with Crippen LogP contribution >= 0.6 is 0 Å². The van der Waals surface area contributed by atoms with E-state index >= 15 is 0 Å². The lowest BCUT2D eigenvalue weighted by atomic mass is 9.81. The van der Waals surface area contributed by atoms with Crippen molar-refractivity contribution >= 4 is 19.0 Å². The highest BCUT2D eigenvalue weighted by Crippen LogP contribution is 2.20. The van der Waals surface area contributed by atoms with Gasteiger partial charge in [0.05, 0.1) is 0 Å². The minimum absolute atomic E-state index is 0.0443. The molecule has 0 spiro atoms. The minimum Gasteiger partial charge on any atom is -0.480 e. The summed E-state index contributed by atoms with van der Waals surface area (Å²) in [5, 5.41) is 30.4. The zero-order valence-electron chi connectivity index (χ0n) is 17.5. The van der Waals surface area contributed by atoms with Crippen molar-refractivity contribution in [3.8, 4) is 0 Å². The van der Waals surface area contributed by atoms with Crippen molar-refractivity contribution in [2.24, 2.45) is 5.73 Å². The van der Waals surface area contributed by atoms with Gasteiger partial charge in [-0.1, -0.05) is 31.0 Å². The fraction of sp³-hybridized carbons (Fsp3) is 0.619. The number of nitrogens with two attached hydrogens (primary N) is 1. The van der Waals surface area contributed by atoms with E-state index in [0.717, 1.165) is 32.5 Å². The fourth-order valence-corrected chi connectivity index (χ4v) is 3.88. The summed E-state index contributed by atoms with van der Waals surface area (Å²) in [6.07, 6.45) is 4.44. The minimum atomic E-state index is -1.36. The fourth-order valence-electron chi connectivity index (χ4n) is 3.88. The molecule has 1 aromatic carbocycles. The number of likely N-dealkylation sites (tertiary alicyclic amines) is 1. The van der Waals surface area contributed by atoms with Crippen LogP contribution in [0.4, 0.5) is 0 Å². The molecule has 0 bridgehead atoms. The Balaban J connectivity index is 1.67. The third kappa shape index (κ3) is 8.06. The number of carboxylic acids is 1. The molecule has 8 nitrogen and oxygen atoms in total. The summed E-state index contributed by atoms with van der Waals surface area (Å²) in [6.45, 7) is 2.50. The summed E-state index contributed by atoms with van der Waals surface area (Å²) >= 11 is 0. The second-order valence-electron chi connectivity index (χ2n) is 8.25. The zero-order valence-corrected chi connectivity index (χ0v) is 17.5. The van der Waals surface area contributed by atoms with Crippen LogP contribution in [0.15, 0.2) is 30.3 Å². The van der Waals surface area contributed by atoms with Crippen molar-refractivity contribution in [2.75, 3.05) is 19.6 Å². The molecule has 2 rings (SSSR count). The first-order valence-corrected chi connectivity index (χ1v) is 10.8. The molecular formula is C21H34BN3O5. The lowest BCUT2D eigenvalue weighted by molar-refractivity contribution is -0.144. The Morgan fingerprint density at radius 2 is 1.73 bits per heavy atom. The topological polar surface area (TPSA) is 136 Å². The van der Waals surface area contributed by atoms with Gasteiger partial charge in [-0.25, -0.2) is 0 Å². The van der Waals surface area contributed by atoms with Crippen molar-refractivity contribution < 1.29 is 24.7 Å². The van der Waals surface area contributed by atoms with Crippen molar-refractivity contribution in [1.29, 1.82) is 0 Å². The third-order valence-electron chi connectivity index (χ3n) is 5.82. The number of rotatable bonds is 12. The number of piperidine rings is 1. The first-order chi connectivity index (χ1) is 14.3. The monoisotopic (exact) mass is 419 g/mol. The van der Waals surface area contributed by atoms with Crippen LogP contribution in [0.2, 0.25) is 6.32 Å². The zero-order chi connectivity index (χ0) is 22.0. The molecule has 1 aromatic rings. The number of hydrogen-bond acceptors (Lipinski definition) is 6. The van der Waals surface area contributed by atoms with Crippen LogP contribution in [-0.2, 0) is 4.79 Å². The molecule has 0 radical (unpaired) electrons. The first kappa shape index (κ1) is 24.3. The van der Waals surface area contributed by atoms with Crippen molar-refractivity contribution in [3.05, 3.63) is 35.9 Å². The van der Waals surface area contributed by atoms with Crippen LogP contribution in [0.25, 0.3) is 0 Å². The van der Waals surface area contributed by atoms with E-state index in [1.54, 1.807) is 12.1 Å². The third-order valence-corrected chi connectivity index (χ3v) is 5.82. The highest BCUT2D eigenvalue weighted by molar-refractivity contribution is 6.40. The average molecular weight is 419 g/mol. The number of benzene rings is 1. The number of nitrogens with zero attached hydrogens (tertiary/aromatic N) is 1. The Kier molecular flexibility index (Phi) is 9.77. The summed E-state index contributed by atoms with van der Waals surface area (Å²) in [5.74, 6) is -1.05. The summed E-state index contributed by atoms with van der Waals surface area (Å²) in [5.41, 5.74) is 5.51. The Hall–Kier alpha value is -1.94. The second kappa shape index (κ2) is 12.0. The van der Waals surface area contributed by atoms with Crippen molar-refractivity contribution in [1.82, 2.24) is 10.2 Å². The number of carbonyl (C=O) groups is 2. The number of unbranched alkanes of at least 4 members (excludes halogenated alkanes) is 1. The normalized spacial score (nSPS) is 17.3. The van der Waals surface area contributed by atoms with Gasteiger partial charge in [-0.2, -0.15) is 0 Å². The maximum Gasteiger partial charge on any atom is 0.451 e. The van der Waals surface area contributed by atoms with Gasteiger partial charge in [0.1, 0.15) is 5.54 Å². The van der Waals surface area contributed by atoms with E-state index in [0.29, 0.717) is 37.7 Å². The van der Waals surface area contributed by atoms with E-state index in [2.05, 4.69) is 10.2 Å². The molecule has 1 saturated heterocycles. The van der Waals surface area contributed by atoms with Gasteiger partial charge < -0.3 is 31.1 Å². The summed E-state index contributed by atoms with van der Waals surface area (Å²) in [4.78, 5) is 26.2. The predicted octanol–water partition coefficient (Wildman–Crippen LogP) is 1.09. The first-order valence-electron chi connectivity index (χ1n) is 10.8. The molecule has 0 aromatic heterocycles. The van der Waals surface area contributed by atoms with Gasteiger partial charge in [-0.05, 0) is 57.1 Å². The van der Waals surface area contributed by atoms with Crippen molar-refractivity contribution in [2.45, 2.75) is 62.8 Å². The molecule has 6 N–H and O–H groups in total. The van der Waals surface area contributed by atoms with E-state index in [4.69, 9.17) is 15.8 Å². The molecule has 1 heterocycles. The average Bonchev–Trinajstić information content (AvgIpc) is 2.73. The van der Waals surface area contributed by atoms with Gasteiger partial charge in [0.25, 0.3) is 5.91 Å². The molecule has 0 saturated carbocycles. The van der Waals surface area contributed by atoms with E-state index in [1.165, 1.54) is 0 Å². The molecule has 166 valence electrons. The van der Waals surface area contributed by atoms with E-state index in [-0.39, 0.29) is 18.3 Å². The molecule has 9 heteroatoms. The second-order valence-corrected chi connectivity index (χ2v) is 8.25. The molecular weight excluding hydrogens is 385 g/mol. The summed E-state index contributed by atoms with van der Waals surface area (Å²) in [7, 11) is -1.36. The number of carbonyl (C=O) groups excluding carboxylic acids is 1. The van der Waals surface area contributed by atoms with Gasteiger partial charge in [0.2, 0.25) is 0 Å². The smallest absolute Gasteiger partial charge is 0.451 e. The summed E-state index contributed by atoms with van der Waals surface area (Å²) in [6, 6.07) is 9.35. The Morgan fingerprint density at radius 1 is 1.10 bits per heavy atom. The van der Waals surface area contributed by atoms with Crippen LogP contribution < -0.4 is 11.1 Å². The Bertz CT molecular complexity index is 668. The van der Waals surface area contributed by atoms with E-state index < -0.39 is 18.6 Å². The highest BCUT2D eigenvalue weighted by Gasteiger charge is 2.33. The molecule has 1 aliphatic heterocycles. The molecule has 1 unspecified atom stereocenters. The summed E-state index contributed by atoms with van der Waals surface area (Å²) < 4.78 is 0. The molecule has 1 atom stereocenters. The molecule has 1 aliphatic rings. The lowest BCUT2D eigenvalue weighted by Gasteiger charge is -2.33. The van der Waals surface area contributed by atoms with E-state index in [1.807, 2.05) is 18.2 Å². The standard InChI is InChI=1S/C21H34BN3O5/c23-21(20(27)28,11-4-5-13-22(29)30)12-6-14-25-15-9-18(10-16-25)24-19(26)17-7-2-1-3-8-17/h1-3,7-8,18,29-30H,4-6,9-16,23H2,(H,24,26)(H,27,28). The molecule has 0 aliphatic carbocycles. The number of carboxylic acid groups (broad SMARTS) is 1. The largest absolute Gasteiger partial charge is 0.480 e. The van der Waals surface area contributed by atoms with Crippen LogP contribution in [0.5, 0.6) is 0 Å². The molecule has 30 heavy (non-hydrogen) atoms. The van der Waals surface area contributed by atoms with Crippen LogP contribution in [0.3, 0.4) is 0 Å². The van der Waals surface area contributed by atoms with Crippen LogP contribution in [0.1, 0.15) is 55.3 Å². The SMILES string of the molecule is NC(CCCCB(O)O)(CCCN1CCC(NC(=O)c2ccccc2)CC1)C(=O)O. The maximum absolute atomic E-state index is 12.3. The van der Waals surface area contributed by atoms with Gasteiger partial charge in [0.15, 0.2) is 0 Å². The van der Waals surface area contributed by atoms with Gasteiger partial charge >= 0.3 is 13.1 Å². The van der Waals surface area contributed by atoms with Crippen LogP contribution in [-0.4, -0.2) is 70.3 Å². The quantitative estimate of drug-likeness (QED) is 0.253. The molecule has 1 fully saturated rings. The number of hydrogen-bond donors (Lipinski definition) is 5. The van der Waals surface area contributed by atoms with Gasteiger partial charge in [0, 0.05) is 24.7 Å². The number of aliphatic carboxylic acids is 1. The van der Waals surface area contributed by atoms with Crippen LogP contribution in [0, 0.1) is 0 Å². The molecule has 1 amide bonds. The lowest BCUT2D eigenvalue weighted by Crippen LogP contribution is -2.49. The van der Waals surface area contributed by atoms with Gasteiger partial charge in [-0.15, -0.1) is 0 Å². The number of nitrogens with one attached hydrogen (secondary N) is 1. The van der Waals surface area contributed by atoms with E-state index in [9.17, 15) is 14.7 Å². The maximum atomic E-state index is 12.3. The number of amides is 1. The predicted molar refractivity (Wildman–Crippen MR) is 116 cm³/mol. The van der Waals surface area contributed by atoms with Gasteiger partial charge in [-0.3, -0.25) is 9.59 Å². The Morgan fingerprint density at radius 3 is 2.33 bits per heavy atom. The highest BCUT2D eigenvalue weighted by atomic mass is 16.4. The Labute approximate surface area is 178 Å². The van der Waals surface area contributed by atoms with Crippen molar-refractivity contribution in [3.63, 3.8) is 0 Å².